The molecule has 2 rings (SSSR count). The monoisotopic (exact) mass is 286 g/mol. The lowest BCUT2D eigenvalue weighted by molar-refractivity contribution is 0.151. The first-order chi connectivity index (χ1) is 7.79. The fourth-order valence-electron chi connectivity index (χ4n) is 2.31. The minimum Gasteiger partial charge on any atom is -0.453 e. The van der Waals surface area contributed by atoms with Crippen molar-refractivity contribution >= 4 is 15.9 Å². The van der Waals surface area contributed by atoms with E-state index < -0.39 is 0 Å². The topological polar surface area (TPSA) is 28.4 Å². The second kappa shape index (κ2) is 5.84. The molecule has 1 aliphatic heterocycles. The van der Waals surface area contributed by atoms with Crippen LogP contribution in [0.2, 0.25) is 0 Å². The number of hydrogen-bond acceptors (Lipinski definition) is 3. The molecule has 0 saturated carbocycles. The van der Waals surface area contributed by atoms with Crippen molar-refractivity contribution in [3.05, 3.63) is 22.6 Å². The molecule has 1 saturated heterocycles. The van der Waals surface area contributed by atoms with E-state index in [9.17, 15) is 0 Å². The average Bonchev–Trinajstić information content (AvgIpc) is 2.73. The van der Waals surface area contributed by atoms with E-state index in [1.165, 1.54) is 12.8 Å². The highest BCUT2D eigenvalue weighted by molar-refractivity contribution is 9.10. The summed E-state index contributed by atoms with van der Waals surface area (Å²) in [5, 5.41) is 3.40. The zero-order chi connectivity index (χ0) is 11.4. The predicted octanol–water partition coefficient (Wildman–Crippen LogP) is 2.62. The lowest BCUT2D eigenvalue weighted by Crippen LogP contribution is -2.42. The van der Waals surface area contributed by atoms with E-state index in [4.69, 9.17) is 4.42 Å². The molecule has 0 aromatic carbocycles. The van der Waals surface area contributed by atoms with Crippen molar-refractivity contribution in [2.75, 3.05) is 19.6 Å². The standard InChI is InChI=1S/C12H19BrN2O/c1-2-15(10-5-7-14-8-6-10)9-11-3-4-12(13)16-11/h3-4,10,14H,2,5-9H2,1H3. The van der Waals surface area contributed by atoms with Gasteiger partial charge < -0.3 is 9.73 Å². The highest BCUT2D eigenvalue weighted by Crippen LogP contribution is 2.19. The minimum absolute atomic E-state index is 0.704. The molecule has 1 fully saturated rings. The Hall–Kier alpha value is -0.320. The number of halogens is 1. The van der Waals surface area contributed by atoms with Crippen molar-refractivity contribution in [1.29, 1.82) is 0 Å². The van der Waals surface area contributed by atoms with E-state index in [2.05, 4.69) is 33.1 Å². The average molecular weight is 287 g/mol. The maximum atomic E-state index is 5.57. The van der Waals surface area contributed by atoms with E-state index >= 15 is 0 Å². The Morgan fingerprint density at radius 1 is 1.44 bits per heavy atom. The first kappa shape index (κ1) is 12.1. The van der Waals surface area contributed by atoms with Crippen LogP contribution in [0.5, 0.6) is 0 Å². The molecule has 16 heavy (non-hydrogen) atoms. The molecule has 3 nitrogen and oxygen atoms in total. The molecule has 1 aliphatic rings. The summed E-state index contributed by atoms with van der Waals surface area (Å²) in [4.78, 5) is 2.51. The van der Waals surface area contributed by atoms with Crippen molar-refractivity contribution in [3.63, 3.8) is 0 Å². The molecular formula is C12H19BrN2O. The maximum absolute atomic E-state index is 5.57. The number of piperidine rings is 1. The summed E-state index contributed by atoms with van der Waals surface area (Å²) < 4.78 is 6.39. The summed E-state index contributed by atoms with van der Waals surface area (Å²) in [7, 11) is 0. The summed E-state index contributed by atoms with van der Waals surface area (Å²) in [6.07, 6.45) is 2.49. The molecule has 0 spiro atoms. The van der Waals surface area contributed by atoms with Crippen LogP contribution in [0.15, 0.2) is 21.2 Å². The zero-order valence-corrected chi connectivity index (χ0v) is 11.3. The van der Waals surface area contributed by atoms with Crippen LogP contribution in [0, 0.1) is 0 Å². The van der Waals surface area contributed by atoms with Crippen LogP contribution in [0.3, 0.4) is 0 Å². The third kappa shape index (κ3) is 3.09. The molecule has 4 heteroatoms. The van der Waals surface area contributed by atoms with Crippen molar-refractivity contribution in [1.82, 2.24) is 10.2 Å². The van der Waals surface area contributed by atoms with Crippen LogP contribution in [-0.4, -0.2) is 30.6 Å². The highest BCUT2D eigenvalue weighted by Gasteiger charge is 2.20. The predicted molar refractivity (Wildman–Crippen MR) is 68.4 cm³/mol. The lowest BCUT2D eigenvalue weighted by atomic mass is 10.0. The Labute approximate surface area is 105 Å². The molecule has 0 unspecified atom stereocenters. The molecule has 0 radical (unpaired) electrons. The molecule has 90 valence electrons. The highest BCUT2D eigenvalue weighted by atomic mass is 79.9. The first-order valence-electron chi connectivity index (χ1n) is 5.98. The molecule has 0 amide bonds. The van der Waals surface area contributed by atoms with Crippen LogP contribution in [-0.2, 0) is 6.54 Å². The van der Waals surface area contributed by atoms with Gasteiger partial charge in [0.15, 0.2) is 4.67 Å². The molecule has 0 aliphatic carbocycles. The van der Waals surface area contributed by atoms with Gasteiger partial charge in [-0.3, -0.25) is 4.90 Å². The van der Waals surface area contributed by atoms with Crippen LogP contribution in [0.25, 0.3) is 0 Å². The van der Waals surface area contributed by atoms with Gasteiger partial charge in [0.05, 0.1) is 6.54 Å². The molecule has 2 heterocycles. The van der Waals surface area contributed by atoms with Crippen LogP contribution < -0.4 is 5.32 Å². The van der Waals surface area contributed by atoms with Gasteiger partial charge in [-0.15, -0.1) is 0 Å². The van der Waals surface area contributed by atoms with Crippen molar-refractivity contribution in [3.8, 4) is 0 Å². The second-order valence-corrected chi connectivity index (χ2v) is 5.03. The minimum atomic E-state index is 0.704. The van der Waals surface area contributed by atoms with Gasteiger partial charge in [0.1, 0.15) is 5.76 Å². The van der Waals surface area contributed by atoms with Crippen LogP contribution in [0.4, 0.5) is 0 Å². The van der Waals surface area contributed by atoms with Crippen molar-refractivity contribution < 1.29 is 4.42 Å². The summed E-state index contributed by atoms with van der Waals surface area (Å²) >= 11 is 3.34. The van der Waals surface area contributed by atoms with Gasteiger partial charge in [-0.05, 0) is 60.5 Å². The SMILES string of the molecule is CCN(Cc1ccc(Br)o1)C1CCNCC1. The van der Waals surface area contributed by atoms with E-state index in [0.717, 1.165) is 36.6 Å². The van der Waals surface area contributed by atoms with Crippen molar-refractivity contribution in [2.45, 2.75) is 32.4 Å². The number of rotatable bonds is 4. The Bertz CT molecular complexity index is 321. The molecule has 1 N–H and O–H groups in total. The van der Waals surface area contributed by atoms with Gasteiger partial charge in [-0.1, -0.05) is 6.92 Å². The maximum Gasteiger partial charge on any atom is 0.169 e. The Kier molecular flexibility index (Phi) is 4.44. The summed E-state index contributed by atoms with van der Waals surface area (Å²) in [5.74, 6) is 1.05. The van der Waals surface area contributed by atoms with E-state index in [-0.39, 0.29) is 0 Å². The van der Waals surface area contributed by atoms with Gasteiger partial charge >= 0.3 is 0 Å². The molecule has 1 aromatic rings. The lowest BCUT2D eigenvalue weighted by Gasteiger charge is -2.33. The third-order valence-electron chi connectivity index (χ3n) is 3.22. The molecule has 0 bridgehead atoms. The van der Waals surface area contributed by atoms with Crippen LogP contribution in [0.1, 0.15) is 25.5 Å². The van der Waals surface area contributed by atoms with E-state index in [1.807, 2.05) is 12.1 Å². The van der Waals surface area contributed by atoms with E-state index in [1.54, 1.807) is 0 Å². The number of nitrogens with one attached hydrogen (secondary N) is 1. The summed E-state index contributed by atoms with van der Waals surface area (Å²) in [6.45, 7) is 6.52. The number of hydrogen-bond donors (Lipinski definition) is 1. The third-order valence-corrected chi connectivity index (χ3v) is 3.65. The smallest absolute Gasteiger partial charge is 0.169 e. The zero-order valence-electron chi connectivity index (χ0n) is 9.71. The summed E-state index contributed by atoms with van der Waals surface area (Å²) in [5.41, 5.74) is 0. The normalized spacial score (nSPS) is 18.2. The Morgan fingerprint density at radius 3 is 2.75 bits per heavy atom. The first-order valence-corrected chi connectivity index (χ1v) is 6.78. The van der Waals surface area contributed by atoms with Crippen LogP contribution >= 0.6 is 15.9 Å². The van der Waals surface area contributed by atoms with Gasteiger partial charge in [0, 0.05) is 6.04 Å². The van der Waals surface area contributed by atoms with Gasteiger partial charge in [-0.2, -0.15) is 0 Å². The molecule has 1 aromatic heterocycles. The Balaban J connectivity index is 1.94. The second-order valence-electron chi connectivity index (χ2n) is 4.25. The molecule has 0 atom stereocenters. The largest absolute Gasteiger partial charge is 0.453 e. The van der Waals surface area contributed by atoms with E-state index in [0.29, 0.717) is 6.04 Å². The van der Waals surface area contributed by atoms with Gasteiger partial charge in [0.25, 0.3) is 0 Å². The van der Waals surface area contributed by atoms with Gasteiger partial charge in [0.2, 0.25) is 0 Å². The van der Waals surface area contributed by atoms with Crippen molar-refractivity contribution in [2.24, 2.45) is 0 Å². The number of furan rings is 1. The fraction of sp³-hybridized carbons (Fsp3) is 0.667. The Morgan fingerprint density at radius 2 is 2.19 bits per heavy atom. The quantitative estimate of drug-likeness (QED) is 0.922. The molecular weight excluding hydrogens is 268 g/mol. The van der Waals surface area contributed by atoms with Gasteiger partial charge in [-0.25, -0.2) is 0 Å². The number of nitrogens with zero attached hydrogens (tertiary/aromatic N) is 1. The fourth-order valence-corrected chi connectivity index (χ4v) is 2.65. The summed E-state index contributed by atoms with van der Waals surface area (Å²) in [6, 6.07) is 4.72.